The Morgan fingerprint density at radius 1 is 1.02 bits per heavy atom. The molecular formula is C24H42N14O8. The molecule has 2 aliphatic heterocycles. The molecule has 0 saturated carbocycles. The van der Waals surface area contributed by atoms with Crippen LogP contribution in [0.4, 0.5) is 4.79 Å². The molecule has 0 aromatic carbocycles. The smallest absolute Gasteiger partial charge is 0.316 e. The van der Waals surface area contributed by atoms with Crippen LogP contribution < -0.4 is 71.2 Å². The number of aliphatic hydroxyl groups excluding tert-OH is 1. The van der Waals surface area contributed by atoms with E-state index in [1.54, 1.807) is 0 Å². The Morgan fingerprint density at radius 2 is 1.72 bits per heavy atom. The third kappa shape index (κ3) is 11.5. The molecule has 0 aromatic rings. The Labute approximate surface area is 262 Å². The zero-order chi connectivity index (χ0) is 34.4. The number of urea groups is 1. The molecule has 22 heteroatoms. The van der Waals surface area contributed by atoms with Crippen LogP contribution >= 0.6 is 0 Å². The van der Waals surface area contributed by atoms with Crippen LogP contribution in [-0.2, 0) is 28.8 Å². The Kier molecular flexibility index (Phi) is 14.6. The third-order valence-electron chi connectivity index (χ3n) is 6.71. The van der Waals surface area contributed by atoms with Crippen LogP contribution in [0.3, 0.4) is 0 Å². The Morgan fingerprint density at radius 3 is 2.35 bits per heavy atom. The van der Waals surface area contributed by atoms with Crippen molar-refractivity contribution in [2.24, 2.45) is 33.7 Å². The second-order valence-corrected chi connectivity index (χ2v) is 10.3. The highest BCUT2D eigenvalue weighted by molar-refractivity contribution is 6.02. The summed E-state index contributed by atoms with van der Waals surface area (Å²) in [7, 11) is 0. The summed E-state index contributed by atoms with van der Waals surface area (Å²) < 4.78 is 0. The molecule has 8 amide bonds. The van der Waals surface area contributed by atoms with E-state index >= 15 is 0 Å². The van der Waals surface area contributed by atoms with Gasteiger partial charge in [0.15, 0.2) is 5.96 Å². The summed E-state index contributed by atoms with van der Waals surface area (Å²) in [4.78, 5) is 93.7. The number of carbonyl (C=O) groups is 7. The second kappa shape index (κ2) is 18.0. The maximum Gasteiger partial charge on any atom is 0.316 e. The van der Waals surface area contributed by atoms with Gasteiger partial charge in [-0.1, -0.05) is 0 Å². The molecule has 2 aliphatic rings. The fraction of sp³-hybridized carbons (Fsp3) is 0.583. The van der Waals surface area contributed by atoms with E-state index < -0.39 is 103 Å². The van der Waals surface area contributed by atoms with Gasteiger partial charge < -0.3 is 76.3 Å². The number of amides is 8. The molecule has 0 aromatic heterocycles. The first-order valence-electron chi connectivity index (χ1n) is 14.2. The fourth-order valence-corrected chi connectivity index (χ4v) is 4.14. The molecule has 1 fully saturated rings. The van der Waals surface area contributed by atoms with Crippen LogP contribution in [0.5, 0.6) is 0 Å². The highest BCUT2D eigenvalue weighted by Gasteiger charge is 2.35. The van der Waals surface area contributed by atoms with E-state index in [1.165, 1.54) is 0 Å². The van der Waals surface area contributed by atoms with Crippen molar-refractivity contribution in [1.29, 1.82) is 0 Å². The number of aliphatic hydroxyl groups is 1. The van der Waals surface area contributed by atoms with Crippen molar-refractivity contribution in [3.8, 4) is 0 Å². The van der Waals surface area contributed by atoms with Gasteiger partial charge in [0.05, 0.1) is 18.7 Å². The van der Waals surface area contributed by atoms with Crippen molar-refractivity contribution in [2.75, 3.05) is 32.8 Å². The van der Waals surface area contributed by atoms with Crippen molar-refractivity contribution in [2.45, 2.75) is 55.5 Å². The number of aliphatic imine (C=N–C) groups is 1. The van der Waals surface area contributed by atoms with Gasteiger partial charge >= 0.3 is 6.03 Å². The average Bonchev–Trinajstić information content (AvgIpc) is 3.02. The standard InChI is InChI=1S/C24H42N14O8/c25-4-1-2-10(26)17(40)32-7-13-19(42)34-14(8-33-24(29)46)20(43)38-16(12-3-5-30-23(28)37-12)22(45)31-6-11(27)18(41)36-15(9-39)21(44)35-13/h8,10-13,15-16,39H,1-7,9,25-27H2,(H,31,45)(H,32,40)(H,34,42)(H,35,44)(H,36,41)(H,38,43)(H3,28,30,37)(H3,29,33,46)/t10-,11-,12?,13-,15-,16-/m0/s1. The molecule has 0 aliphatic carbocycles. The van der Waals surface area contributed by atoms with Crippen molar-refractivity contribution >= 4 is 47.4 Å². The number of nitrogens with two attached hydrogens (primary N) is 5. The topological polar surface area (TPSA) is 378 Å². The number of guanidine groups is 1. The molecule has 1 unspecified atom stereocenters. The first kappa shape index (κ1) is 37.1. The number of carbonyl (C=O) groups excluding carboxylic acids is 7. The van der Waals surface area contributed by atoms with E-state index in [9.17, 15) is 38.7 Å². The van der Waals surface area contributed by atoms with Gasteiger partial charge in [0.25, 0.3) is 5.91 Å². The van der Waals surface area contributed by atoms with Crippen molar-refractivity contribution in [3.63, 3.8) is 0 Å². The van der Waals surface area contributed by atoms with Crippen LogP contribution in [0, 0.1) is 0 Å². The maximum absolute atomic E-state index is 13.4. The molecule has 46 heavy (non-hydrogen) atoms. The molecule has 0 bridgehead atoms. The lowest BCUT2D eigenvalue weighted by Crippen LogP contribution is -2.64. The first-order chi connectivity index (χ1) is 21.8. The normalized spacial score (nSPS) is 26.6. The molecule has 1 saturated heterocycles. The lowest BCUT2D eigenvalue weighted by Gasteiger charge is -2.31. The molecule has 0 spiro atoms. The van der Waals surface area contributed by atoms with Crippen LogP contribution in [0.15, 0.2) is 16.9 Å². The van der Waals surface area contributed by atoms with E-state index in [4.69, 9.17) is 28.7 Å². The van der Waals surface area contributed by atoms with Gasteiger partial charge in [-0.05, 0) is 25.8 Å². The van der Waals surface area contributed by atoms with Crippen molar-refractivity contribution in [1.82, 2.24) is 42.5 Å². The summed E-state index contributed by atoms with van der Waals surface area (Å²) in [6.07, 6.45) is 1.61. The van der Waals surface area contributed by atoms with E-state index in [0.717, 1.165) is 6.20 Å². The highest BCUT2D eigenvalue weighted by atomic mass is 16.3. The Hall–Kier alpha value is -5.06. The number of rotatable bonds is 9. The summed E-state index contributed by atoms with van der Waals surface area (Å²) in [6.45, 7) is -1.51. The quantitative estimate of drug-likeness (QED) is 0.103. The minimum atomic E-state index is -1.65. The highest BCUT2D eigenvalue weighted by Crippen LogP contribution is 2.07. The predicted molar refractivity (Wildman–Crippen MR) is 160 cm³/mol. The number of nitrogens with zero attached hydrogens (tertiary/aromatic N) is 1. The van der Waals surface area contributed by atoms with E-state index in [1.807, 2.05) is 5.32 Å². The molecule has 2 rings (SSSR count). The fourth-order valence-electron chi connectivity index (χ4n) is 4.14. The SMILES string of the molecule is NCCC[C@H](N)C(=O)NC[C@@H]1NC(=O)[C@H](CO)NC(=O)[C@@H](N)CNC(=O)[C@H](C2CCN=C(N)N2)NC(=O)C(=CNC(N)=O)NC1=O. The summed E-state index contributed by atoms with van der Waals surface area (Å²) in [5.74, 6) is -5.78. The largest absolute Gasteiger partial charge is 0.394 e. The van der Waals surface area contributed by atoms with Gasteiger partial charge in [0, 0.05) is 25.8 Å². The molecule has 2 heterocycles. The van der Waals surface area contributed by atoms with Gasteiger partial charge in [0.2, 0.25) is 29.5 Å². The molecule has 256 valence electrons. The first-order valence-corrected chi connectivity index (χ1v) is 14.2. The zero-order valence-electron chi connectivity index (χ0n) is 24.8. The van der Waals surface area contributed by atoms with Crippen LogP contribution in [-0.4, -0.2) is 122 Å². The molecular weight excluding hydrogens is 612 g/mol. The van der Waals surface area contributed by atoms with Crippen molar-refractivity contribution < 1.29 is 38.7 Å². The lowest BCUT2D eigenvalue weighted by molar-refractivity contribution is -0.134. The van der Waals surface area contributed by atoms with E-state index in [0.29, 0.717) is 6.42 Å². The van der Waals surface area contributed by atoms with Gasteiger partial charge in [-0.2, -0.15) is 0 Å². The van der Waals surface area contributed by atoms with E-state index in [-0.39, 0.29) is 31.9 Å². The monoisotopic (exact) mass is 654 g/mol. The summed E-state index contributed by atoms with van der Waals surface area (Å²) in [5, 5.41) is 28.6. The Bertz CT molecular complexity index is 1230. The van der Waals surface area contributed by atoms with Crippen LogP contribution in [0.1, 0.15) is 19.3 Å². The molecule has 0 radical (unpaired) electrons. The summed E-state index contributed by atoms with van der Waals surface area (Å²) in [6, 6.07) is -9.04. The number of hydrogen-bond donors (Lipinski definition) is 14. The van der Waals surface area contributed by atoms with Gasteiger partial charge in [0.1, 0.15) is 29.9 Å². The number of hydrogen-bond acceptors (Lipinski definition) is 14. The lowest BCUT2D eigenvalue weighted by atomic mass is 10.0. The van der Waals surface area contributed by atoms with Crippen LogP contribution in [0.25, 0.3) is 0 Å². The number of nitrogens with one attached hydrogen (secondary N) is 8. The average molecular weight is 655 g/mol. The zero-order valence-corrected chi connectivity index (χ0v) is 24.8. The van der Waals surface area contributed by atoms with Gasteiger partial charge in [-0.15, -0.1) is 0 Å². The second-order valence-electron chi connectivity index (χ2n) is 10.3. The minimum Gasteiger partial charge on any atom is -0.394 e. The molecule has 19 N–H and O–H groups in total. The molecule has 6 atom stereocenters. The molecule has 22 nitrogen and oxygen atoms in total. The van der Waals surface area contributed by atoms with Crippen molar-refractivity contribution in [3.05, 3.63) is 11.9 Å². The Balaban J connectivity index is 2.49. The van der Waals surface area contributed by atoms with E-state index in [2.05, 4.69) is 42.2 Å². The minimum absolute atomic E-state index is 0.0144. The van der Waals surface area contributed by atoms with Crippen LogP contribution in [0.2, 0.25) is 0 Å². The van der Waals surface area contributed by atoms with Gasteiger partial charge in [-0.3, -0.25) is 33.8 Å². The summed E-state index contributed by atoms with van der Waals surface area (Å²) >= 11 is 0. The third-order valence-corrected chi connectivity index (χ3v) is 6.71. The predicted octanol–water partition coefficient (Wildman–Crippen LogP) is -8.62. The van der Waals surface area contributed by atoms with Gasteiger partial charge in [-0.25, -0.2) is 4.79 Å². The maximum atomic E-state index is 13.4. The number of primary amides is 1. The summed E-state index contributed by atoms with van der Waals surface area (Å²) in [5.41, 5.74) is 27.4.